The van der Waals surface area contributed by atoms with Crippen LogP contribution in [-0.4, -0.2) is 12.2 Å². The van der Waals surface area contributed by atoms with Gasteiger partial charge in [-0.25, -0.2) is 0 Å². The molecule has 0 saturated carbocycles. The second kappa shape index (κ2) is 6.39. The standard InChI is InChI=1S/C17H20O2/c1-3-17(18)15-9-7-13(8-10-15)11-14-5-4-6-16(12-14)19-2/h4-10,12,17-18H,3,11H2,1-2H3/t17-/m0/s1. The van der Waals surface area contributed by atoms with Crippen molar-refractivity contribution in [1.82, 2.24) is 0 Å². The van der Waals surface area contributed by atoms with E-state index in [1.54, 1.807) is 7.11 Å². The minimum Gasteiger partial charge on any atom is -0.497 e. The van der Waals surface area contributed by atoms with E-state index in [2.05, 4.69) is 24.3 Å². The Hall–Kier alpha value is -1.80. The summed E-state index contributed by atoms with van der Waals surface area (Å²) in [6, 6.07) is 16.3. The lowest BCUT2D eigenvalue weighted by molar-refractivity contribution is 0.173. The molecule has 0 aliphatic rings. The highest BCUT2D eigenvalue weighted by atomic mass is 16.5. The monoisotopic (exact) mass is 256 g/mol. The van der Waals surface area contributed by atoms with E-state index < -0.39 is 0 Å². The Morgan fingerprint density at radius 1 is 1.05 bits per heavy atom. The highest BCUT2D eigenvalue weighted by Gasteiger charge is 2.04. The molecule has 0 amide bonds. The molecule has 0 radical (unpaired) electrons. The van der Waals surface area contributed by atoms with Crippen molar-refractivity contribution in [3.05, 3.63) is 65.2 Å². The van der Waals surface area contributed by atoms with Gasteiger partial charge in [-0.05, 0) is 41.7 Å². The first-order valence-corrected chi connectivity index (χ1v) is 6.62. The maximum atomic E-state index is 9.76. The van der Waals surface area contributed by atoms with Gasteiger partial charge in [-0.1, -0.05) is 43.3 Å². The first kappa shape index (κ1) is 13.6. The topological polar surface area (TPSA) is 29.5 Å². The van der Waals surface area contributed by atoms with E-state index >= 15 is 0 Å². The summed E-state index contributed by atoms with van der Waals surface area (Å²) in [5.74, 6) is 0.885. The third-order valence-electron chi connectivity index (χ3n) is 3.29. The summed E-state index contributed by atoms with van der Waals surface area (Å²) < 4.78 is 5.22. The zero-order valence-corrected chi connectivity index (χ0v) is 11.5. The molecular formula is C17H20O2. The number of aliphatic hydroxyl groups is 1. The first-order chi connectivity index (χ1) is 9.22. The molecule has 0 aliphatic carbocycles. The molecule has 1 N–H and O–H groups in total. The molecule has 2 rings (SSSR count). The molecule has 100 valence electrons. The van der Waals surface area contributed by atoms with E-state index in [9.17, 15) is 5.11 Å². The van der Waals surface area contributed by atoms with Gasteiger partial charge in [0.15, 0.2) is 0 Å². The fraction of sp³-hybridized carbons (Fsp3) is 0.294. The number of methoxy groups -OCH3 is 1. The van der Waals surface area contributed by atoms with E-state index in [0.717, 1.165) is 24.2 Å². The Balaban J connectivity index is 2.10. The second-order valence-corrected chi connectivity index (χ2v) is 4.69. The van der Waals surface area contributed by atoms with Crippen molar-refractivity contribution in [2.24, 2.45) is 0 Å². The lowest BCUT2D eigenvalue weighted by Gasteiger charge is -2.09. The van der Waals surface area contributed by atoms with Gasteiger partial charge in [-0.2, -0.15) is 0 Å². The van der Waals surface area contributed by atoms with Crippen molar-refractivity contribution in [3.63, 3.8) is 0 Å². The molecule has 0 heterocycles. The fourth-order valence-electron chi connectivity index (χ4n) is 2.11. The van der Waals surface area contributed by atoms with Gasteiger partial charge in [0, 0.05) is 0 Å². The minimum atomic E-state index is -0.356. The second-order valence-electron chi connectivity index (χ2n) is 4.69. The lowest BCUT2D eigenvalue weighted by atomic mass is 10.0. The number of ether oxygens (including phenoxy) is 1. The Bertz CT molecular complexity index is 517. The number of hydrogen-bond donors (Lipinski definition) is 1. The van der Waals surface area contributed by atoms with Crippen LogP contribution in [0.25, 0.3) is 0 Å². The normalized spacial score (nSPS) is 12.2. The molecule has 2 aromatic carbocycles. The van der Waals surface area contributed by atoms with Crippen LogP contribution in [0.3, 0.4) is 0 Å². The van der Waals surface area contributed by atoms with E-state index in [4.69, 9.17) is 4.74 Å². The maximum Gasteiger partial charge on any atom is 0.119 e. The van der Waals surface area contributed by atoms with Gasteiger partial charge in [0.1, 0.15) is 5.75 Å². The highest BCUT2D eigenvalue weighted by molar-refractivity contribution is 5.33. The number of benzene rings is 2. The van der Waals surface area contributed by atoms with Gasteiger partial charge in [0.05, 0.1) is 13.2 Å². The van der Waals surface area contributed by atoms with Crippen LogP contribution in [0.1, 0.15) is 36.1 Å². The van der Waals surface area contributed by atoms with Crippen LogP contribution < -0.4 is 4.74 Å². The largest absolute Gasteiger partial charge is 0.497 e. The van der Waals surface area contributed by atoms with Crippen LogP contribution in [0.15, 0.2) is 48.5 Å². The zero-order chi connectivity index (χ0) is 13.7. The van der Waals surface area contributed by atoms with Crippen LogP contribution in [0.2, 0.25) is 0 Å². The van der Waals surface area contributed by atoms with Crippen molar-refractivity contribution >= 4 is 0 Å². The summed E-state index contributed by atoms with van der Waals surface area (Å²) in [5.41, 5.74) is 3.44. The Morgan fingerprint density at radius 2 is 1.79 bits per heavy atom. The maximum absolute atomic E-state index is 9.76. The Kier molecular flexibility index (Phi) is 4.58. The van der Waals surface area contributed by atoms with Gasteiger partial charge in [-0.3, -0.25) is 0 Å². The van der Waals surface area contributed by atoms with E-state index in [0.29, 0.717) is 0 Å². The highest BCUT2D eigenvalue weighted by Crippen LogP contribution is 2.19. The average molecular weight is 256 g/mol. The summed E-state index contributed by atoms with van der Waals surface area (Å²) in [6.45, 7) is 1.98. The fourth-order valence-corrected chi connectivity index (χ4v) is 2.11. The van der Waals surface area contributed by atoms with Crippen LogP contribution in [-0.2, 0) is 6.42 Å². The van der Waals surface area contributed by atoms with Crippen molar-refractivity contribution < 1.29 is 9.84 Å². The van der Waals surface area contributed by atoms with Crippen molar-refractivity contribution in [2.45, 2.75) is 25.9 Å². The van der Waals surface area contributed by atoms with Crippen molar-refractivity contribution in [2.75, 3.05) is 7.11 Å². The third kappa shape index (κ3) is 3.58. The molecule has 1 atom stereocenters. The van der Waals surface area contributed by atoms with Crippen molar-refractivity contribution in [3.8, 4) is 5.75 Å². The predicted molar refractivity (Wildman–Crippen MR) is 77.5 cm³/mol. The zero-order valence-electron chi connectivity index (χ0n) is 11.5. The lowest BCUT2D eigenvalue weighted by Crippen LogP contribution is -1.96. The van der Waals surface area contributed by atoms with Gasteiger partial charge in [0.2, 0.25) is 0 Å². The van der Waals surface area contributed by atoms with Gasteiger partial charge < -0.3 is 9.84 Å². The summed E-state index contributed by atoms with van der Waals surface area (Å²) in [4.78, 5) is 0. The number of rotatable bonds is 5. The molecule has 2 aromatic rings. The van der Waals surface area contributed by atoms with Crippen LogP contribution in [0.5, 0.6) is 5.75 Å². The first-order valence-electron chi connectivity index (χ1n) is 6.62. The summed E-state index contributed by atoms with van der Waals surface area (Å²) >= 11 is 0. The minimum absolute atomic E-state index is 0.356. The molecular weight excluding hydrogens is 236 g/mol. The van der Waals surface area contributed by atoms with Crippen molar-refractivity contribution in [1.29, 1.82) is 0 Å². The third-order valence-corrected chi connectivity index (χ3v) is 3.29. The average Bonchev–Trinajstić information content (AvgIpc) is 2.47. The molecule has 0 spiro atoms. The van der Waals surface area contributed by atoms with E-state index in [-0.39, 0.29) is 6.10 Å². The van der Waals surface area contributed by atoms with Gasteiger partial charge in [-0.15, -0.1) is 0 Å². The van der Waals surface area contributed by atoms with Crippen LogP contribution >= 0.6 is 0 Å². The molecule has 0 aliphatic heterocycles. The summed E-state index contributed by atoms with van der Waals surface area (Å²) in [5, 5.41) is 9.76. The van der Waals surface area contributed by atoms with Crippen LogP contribution in [0.4, 0.5) is 0 Å². The van der Waals surface area contributed by atoms with E-state index in [1.807, 2.05) is 31.2 Å². The molecule has 0 aromatic heterocycles. The molecule has 0 unspecified atom stereocenters. The molecule has 0 bridgehead atoms. The molecule has 19 heavy (non-hydrogen) atoms. The Labute approximate surface area is 114 Å². The Morgan fingerprint density at radius 3 is 2.42 bits per heavy atom. The smallest absolute Gasteiger partial charge is 0.119 e. The number of hydrogen-bond acceptors (Lipinski definition) is 2. The van der Waals surface area contributed by atoms with Crippen LogP contribution in [0, 0.1) is 0 Å². The van der Waals surface area contributed by atoms with E-state index in [1.165, 1.54) is 11.1 Å². The summed E-state index contributed by atoms with van der Waals surface area (Å²) in [7, 11) is 1.68. The molecule has 2 heteroatoms. The number of aliphatic hydroxyl groups excluding tert-OH is 1. The molecule has 0 saturated heterocycles. The SMILES string of the molecule is CC[C@H](O)c1ccc(Cc2cccc(OC)c2)cc1. The summed E-state index contributed by atoms with van der Waals surface area (Å²) in [6.07, 6.45) is 1.26. The molecule has 2 nitrogen and oxygen atoms in total. The quantitative estimate of drug-likeness (QED) is 0.883. The van der Waals surface area contributed by atoms with Gasteiger partial charge in [0.25, 0.3) is 0 Å². The predicted octanol–water partition coefficient (Wildman–Crippen LogP) is 3.73. The molecule has 0 fully saturated rings. The van der Waals surface area contributed by atoms with Gasteiger partial charge >= 0.3 is 0 Å².